The molecule has 4 aliphatic rings. The smallest absolute Gasteiger partial charge is 0.252 e. The molecule has 0 fully saturated rings. The quantitative estimate of drug-likeness (QED) is 0.161. The highest BCUT2D eigenvalue weighted by molar-refractivity contribution is 7.26. The van der Waals surface area contributed by atoms with Gasteiger partial charge in [-0.05, 0) is 178 Å². The standard InChI is InChI=1S/C70H64BN3S/c1-66(2,3)41-21-26-45(27-22-41)73-59-33-43(68(7,8)9)25-30-57(59)71-58-39-64-52(37-60(58)74(46-28-23-42(24-29-46)67(4,5)6)62-35-44(69(10,11)12)34-61(73)65(62)71)51-36-50-49-31-32-72-40-56(49)70(55(50)38-63(51)75-64)53-19-15-13-17-47(53)48-18-14-16-20-54(48)70/h13-40H,1-12H3. The van der Waals surface area contributed by atoms with Crippen LogP contribution < -0.4 is 26.2 Å². The molecule has 5 heteroatoms. The Bertz CT molecular complexity index is 4010. The van der Waals surface area contributed by atoms with Crippen molar-refractivity contribution in [3.05, 3.63) is 215 Å². The predicted octanol–water partition coefficient (Wildman–Crippen LogP) is 17.1. The van der Waals surface area contributed by atoms with Gasteiger partial charge in [0.15, 0.2) is 0 Å². The number of pyridine rings is 1. The Kier molecular flexibility index (Phi) is 9.55. The molecular weight excluding hydrogens is 926 g/mol. The molecule has 3 nitrogen and oxygen atoms in total. The van der Waals surface area contributed by atoms with E-state index >= 15 is 0 Å². The molecule has 75 heavy (non-hydrogen) atoms. The average molecular weight is 990 g/mol. The number of hydrogen-bond donors (Lipinski definition) is 0. The lowest BCUT2D eigenvalue weighted by Gasteiger charge is -2.45. The van der Waals surface area contributed by atoms with Gasteiger partial charge in [-0.15, -0.1) is 11.3 Å². The Labute approximate surface area is 448 Å². The van der Waals surface area contributed by atoms with Gasteiger partial charge in [-0.1, -0.05) is 168 Å². The third-order valence-corrected chi connectivity index (χ3v) is 18.5. The zero-order chi connectivity index (χ0) is 51.9. The van der Waals surface area contributed by atoms with Gasteiger partial charge in [0.1, 0.15) is 0 Å². The topological polar surface area (TPSA) is 19.4 Å². The van der Waals surface area contributed by atoms with E-state index in [9.17, 15) is 0 Å². The fourth-order valence-electron chi connectivity index (χ4n) is 13.4. The first-order chi connectivity index (χ1) is 35.7. The van der Waals surface area contributed by atoms with Crippen molar-refractivity contribution in [2.75, 3.05) is 9.80 Å². The highest BCUT2D eigenvalue weighted by Crippen LogP contribution is 2.63. The molecule has 0 bridgehead atoms. The second-order valence-corrected chi connectivity index (χ2v) is 27.1. The van der Waals surface area contributed by atoms with E-state index in [1.165, 1.54) is 137 Å². The minimum absolute atomic E-state index is 0.00742. The number of aromatic nitrogens is 1. The summed E-state index contributed by atoms with van der Waals surface area (Å²) in [6.45, 7) is 28.0. The molecule has 0 amide bonds. The van der Waals surface area contributed by atoms with E-state index in [-0.39, 0.29) is 28.4 Å². The molecule has 8 aromatic carbocycles. The third-order valence-electron chi connectivity index (χ3n) is 17.4. The van der Waals surface area contributed by atoms with Gasteiger partial charge >= 0.3 is 0 Å². The van der Waals surface area contributed by atoms with Crippen LogP contribution in [0, 0.1) is 0 Å². The number of fused-ring (bicyclic) bond motifs is 17. The van der Waals surface area contributed by atoms with Crippen molar-refractivity contribution in [3.8, 4) is 22.3 Å². The zero-order valence-electron chi connectivity index (χ0n) is 45.5. The number of anilines is 6. The van der Waals surface area contributed by atoms with Crippen molar-refractivity contribution >= 4 is 88.7 Å². The van der Waals surface area contributed by atoms with Crippen LogP contribution >= 0.6 is 11.3 Å². The lowest BCUT2D eigenvalue weighted by molar-refractivity contribution is 0.589. The van der Waals surface area contributed by atoms with Crippen LogP contribution in [0.25, 0.3) is 42.4 Å². The maximum absolute atomic E-state index is 4.84. The summed E-state index contributed by atoms with van der Waals surface area (Å²) in [5, 5.41) is 2.60. The molecule has 0 saturated carbocycles. The van der Waals surface area contributed by atoms with Crippen molar-refractivity contribution in [2.24, 2.45) is 0 Å². The molecular formula is C70H64BN3S. The molecule has 0 N–H and O–H groups in total. The second kappa shape index (κ2) is 15.5. The van der Waals surface area contributed by atoms with Gasteiger partial charge in [-0.25, -0.2) is 0 Å². The van der Waals surface area contributed by atoms with E-state index in [0.717, 1.165) is 0 Å². The van der Waals surface area contributed by atoms with E-state index in [2.05, 4.69) is 257 Å². The maximum atomic E-state index is 4.84. The van der Waals surface area contributed by atoms with Crippen LogP contribution in [0.15, 0.2) is 170 Å². The van der Waals surface area contributed by atoms with Gasteiger partial charge in [0.2, 0.25) is 0 Å². The van der Waals surface area contributed by atoms with E-state index in [1.54, 1.807) is 0 Å². The fraction of sp³-hybridized carbons (Fsp3) is 0.243. The molecule has 368 valence electrons. The van der Waals surface area contributed by atoms with Crippen LogP contribution in [0.5, 0.6) is 0 Å². The summed E-state index contributed by atoms with van der Waals surface area (Å²) in [6.07, 6.45) is 4.13. The Morgan fingerprint density at radius 3 is 1.44 bits per heavy atom. The van der Waals surface area contributed by atoms with E-state index in [0.29, 0.717) is 0 Å². The average Bonchev–Trinajstić information content (AvgIpc) is 4.23. The van der Waals surface area contributed by atoms with Gasteiger partial charge in [0.25, 0.3) is 6.71 Å². The first-order valence-corrected chi connectivity index (χ1v) is 27.9. The Balaban J connectivity index is 1.07. The second-order valence-electron chi connectivity index (χ2n) is 26.1. The summed E-state index contributed by atoms with van der Waals surface area (Å²) >= 11 is 1.95. The molecule has 10 aromatic rings. The first-order valence-electron chi connectivity index (χ1n) is 27.0. The monoisotopic (exact) mass is 989 g/mol. The minimum atomic E-state index is -0.453. The molecule has 2 aromatic heterocycles. The Hall–Kier alpha value is -7.21. The fourth-order valence-corrected chi connectivity index (χ4v) is 14.6. The highest BCUT2D eigenvalue weighted by atomic mass is 32.1. The van der Waals surface area contributed by atoms with Crippen LogP contribution in [-0.2, 0) is 27.1 Å². The lowest BCUT2D eigenvalue weighted by atomic mass is 9.33. The van der Waals surface area contributed by atoms with Crippen LogP contribution in [0.4, 0.5) is 34.1 Å². The SMILES string of the molecule is CC(C)(C)c1ccc(N2c3cc(C(C)(C)C)ccc3B3c4cc5sc6cc7c(cc6c5cc4N(c4ccc(C(C)(C)C)cc4)c4cc(C(C)(C)C)cc2c43)-c2ccncc2C72c3ccccc3-c3ccccc32)cc1. The van der Waals surface area contributed by atoms with Crippen molar-refractivity contribution in [2.45, 2.75) is 110 Å². The van der Waals surface area contributed by atoms with Gasteiger partial charge in [-0.2, -0.15) is 0 Å². The minimum Gasteiger partial charge on any atom is -0.311 e. The molecule has 1 spiro atoms. The number of hydrogen-bond acceptors (Lipinski definition) is 4. The Morgan fingerprint density at radius 1 is 0.400 bits per heavy atom. The number of rotatable bonds is 2. The molecule has 0 radical (unpaired) electrons. The van der Waals surface area contributed by atoms with Crippen molar-refractivity contribution < 1.29 is 0 Å². The zero-order valence-corrected chi connectivity index (χ0v) is 46.3. The largest absolute Gasteiger partial charge is 0.311 e. The van der Waals surface area contributed by atoms with Crippen LogP contribution in [0.3, 0.4) is 0 Å². The number of thiophene rings is 1. The summed E-state index contributed by atoms with van der Waals surface area (Å²) < 4.78 is 2.63. The molecule has 4 heterocycles. The van der Waals surface area contributed by atoms with Crippen molar-refractivity contribution in [1.29, 1.82) is 0 Å². The Morgan fingerprint density at radius 2 is 0.880 bits per heavy atom. The summed E-state index contributed by atoms with van der Waals surface area (Å²) in [4.78, 5) is 10.1. The summed E-state index contributed by atoms with van der Waals surface area (Å²) in [5.41, 5.74) is 26.7. The predicted molar refractivity (Wildman–Crippen MR) is 322 cm³/mol. The lowest BCUT2D eigenvalue weighted by Crippen LogP contribution is -2.61. The van der Waals surface area contributed by atoms with Gasteiger partial charge in [-0.3, -0.25) is 4.98 Å². The van der Waals surface area contributed by atoms with Crippen LogP contribution in [-0.4, -0.2) is 11.7 Å². The third kappa shape index (κ3) is 6.56. The molecule has 14 rings (SSSR count). The van der Waals surface area contributed by atoms with Gasteiger partial charge in [0.05, 0.1) is 5.41 Å². The van der Waals surface area contributed by atoms with Crippen LogP contribution in [0.1, 0.15) is 128 Å². The molecule has 2 aliphatic carbocycles. The summed E-state index contributed by atoms with van der Waals surface area (Å²) in [5.74, 6) is 0. The van der Waals surface area contributed by atoms with Gasteiger partial charge in [0, 0.05) is 66.7 Å². The maximum Gasteiger partial charge on any atom is 0.252 e. The molecule has 2 aliphatic heterocycles. The number of benzene rings is 8. The summed E-state index contributed by atoms with van der Waals surface area (Å²) in [6, 6.07) is 62.0. The summed E-state index contributed by atoms with van der Waals surface area (Å²) in [7, 11) is 0. The highest BCUT2D eigenvalue weighted by Gasteiger charge is 2.52. The van der Waals surface area contributed by atoms with Crippen molar-refractivity contribution in [3.63, 3.8) is 0 Å². The molecule has 0 saturated heterocycles. The van der Waals surface area contributed by atoms with E-state index in [1.807, 2.05) is 17.5 Å². The first kappa shape index (κ1) is 46.3. The molecule has 0 unspecified atom stereocenters. The van der Waals surface area contributed by atoms with Crippen LogP contribution in [0.2, 0.25) is 0 Å². The van der Waals surface area contributed by atoms with E-state index in [4.69, 9.17) is 4.98 Å². The number of nitrogens with zero attached hydrogens (tertiary/aromatic N) is 3. The normalized spacial score (nSPS) is 15.0. The molecule has 0 atom stereocenters. The van der Waals surface area contributed by atoms with Gasteiger partial charge < -0.3 is 9.80 Å². The van der Waals surface area contributed by atoms with E-state index < -0.39 is 5.41 Å². The van der Waals surface area contributed by atoms with Crippen molar-refractivity contribution in [1.82, 2.24) is 4.98 Å².